The van der Waals surface area contributed by atoms with Crippen molar-refractivity contribution in [3.8, 4) is 0 Å². The highest BCUT2D eigenvalue weighted by Crippen LogP contribution is 2.16. The van der Waals surface area contributed by atoms with Gasteiger partial charge in [0.05, 0.1) is 0 Å². The average Bonchev–Trinajstić information content (AvgIpc) is 2.07. The lowest BCUT2D eigenvalue weighted by Crippen LogP contribution is -2.35. The Kier molecular flexibility index (Phi) is 5.62. The van der Waals surface area contributed by atoms with Crippen LogP contribution in [0.4, 0.5) is 13.2 Å². The number of rotatable bonds is 6. The molecule has 0 aromatic heterocycles. The molecule has 0 aliphatic carbocycles. The van der Waals surface area contributed by atoms with Gasteiger partial charge < -0.3 is 4.74 Å². The van der Waals surface area contributed by atoms with Crippen LogP contribution in [0, 0.1) is 0 Å². The summed E-state index contributed by atoms with van der Waals surface area (Å²) in [5, 5.41) is 0. The molecular weight excluding hydrogens is 263 g/mol. The molecule has 0 atom stereocenters. The molecule has 100 valence electrons. The molecule has 0 amide bonds. The first-order valence-corrected chi connectivity index (χ1v) is 6.05. The number of hydrogen-bond acceptors (Lipinski definition) is 4. The van der Waals surface area contributed by atoms with Gasteiger partial charge >= 0.3 is 12.1 Å². The van der Waals surface area contributed by atoms with Crippen LogP contribution >= 0.6 is 0 Å². The van der Waals surface area contributed by atoms with E-state index in [9.17, 15) is 26.4 Å². The van der Waals surface area contributed by atoms with Crippen molar-refractivity contribution >= 4 is 16.0 Å². The Morgan fingerprint density at radius 1 is 1.41 bits per heavy atom. The van der Waals surface area contributed by atoms with Gasteiger partial charge in [-0.05, 0) is 6.92 Å². The summed E-state index contributed by atoms with van der Waals surface area (Å²) in [5.41, 5.74) is 0.114. The number of ether oxygens (including phenoxy) is 1. The first-order chi connectivity index (χ1) is 7.53. The molecular formula is C8H12F3NO4S. The highest BCUT2D eigenvalue weighted by molar-refractivity contribution is 7.89. The summed E-state index contributed by atoms with van der Waals surface area (Å²) in [6.07, 6.45) is -4.81. The number of esters is 1. The van der Waals surface area contributed by atoms with Crippen molar-refractivity contribution in [3.63, 3.8) is 0 Å². The Hall–Kier alpha value is -1.09. The van der Waals surface area contributed by atoms with Gasteiger partial charge in [0.2, 0.25) is 10.0 Å². The molecule has 0 saturated carbocycles. The summed E-state index contributed by atoms with van der Waals surface area (Å²) in [7, 11) is -4.45. The van der Waals surface area contributed by atoms with Crippen LogP contribution in [0.15, 0.2) is 12.2 Å². The van der Waals surface area contributed by atoms with Gasteiger partial charge in [0.15, 0.2) is 5.75 Å². The molecule has 0 bridgehead atoms. The molecule has 0 unspecified atom stereocenters. The minimum Gasteiger partial charge on any atom is -0.461 e. The number of halogens is 3. The zero-order valence-corrected chi connectivity index (χ0v) is 9.82. The zero-order chi connectivity index (χ0) is 13.7. The molecule has 1 N–H and O–H groups in total. The van der Waals surface area contributed by atoms with Crippen molar-refractivity contribution in [1.82, 2.24) is 4.72 Å². The molecule has 0 spiro atoms. The minimum atomic E-state index is -4.81. The standard InChI is InChI=1S/C8H12F3NO4S/c1-6(2)7(13)16-4-3-12-17(14,15)5-8(9,10)11/h12H,1,3-5H2,2H3. The lowest BCUT2D eigenvalue weighted by atomic mass is 10.4. The first kappa shape index (κ1) is 15.9. The molecule has 0 fully saturated rings. The quantitative estimate of drug-likeness (QED) is 0.437. The van der Waals surface area contributed by atoms with E-state index in [4.69, 9.17) is 0 Å². The van der Waals surface area contributed by atoms with E-state index in [-0.39, 0.29) is 12.2 Å². The Labute approximate surface area is 96.7 Å². The van der Waals surface area contributed by atoms with E-state index in [1.807, 2.05) is 0 Å². The third-order valence-electron chi connectivity index (χ3n) is 1.36. The van der Waals surface area contributed by atoms with Crippen LogP contribution < -0.4 is 4.72 Å². The predicted molar refractivity (Wildman–Crippen MR) is 53.6 cm³/mol. The van der Waals surface area contributed by atoms with Gasteiger partial charge in [-0.1, -0.05) is 6.58 Å². The molecule has 5 nitrogen and oxygen atoms in total. The third kappa shape index (κ3) is 8.69. The Bertz CT molecular complexity index is 388. The second kappa shape index (κ2) is 6.01. The second-order valence-corrected chi connectivity index (χ2v) is 4.99. The van der Waals surface area contributed by atoms with Crippen LogP contribution in [-0.4, -0.2) is 39.5 Å². The highest BCUT2D eigenvalue weighted by atomic mass is 32.2. The summed E-state index contributed by atoms with van der Waals surface area (Å²) in [6.45, 7) is 3.88. The number of hydrogen-bond donors (Lipinski definition) is 1. The van der Waals surface area contributed by atoms with Crippen LogP contribution in [0.1, 0.15) is 6.92 Å². The molecule has 9 heteroatoms. The van der Waals surface area contributed by atoms with E-state index < -0.39 is 34.5 Å². The van der Waals surface area contributed by atoms with Crippen LogP contribution in [0.5, 0.6) is 0 Å². The smallest absolute Gasteiger partial charge is 0.404 e. The highest BCUT2D eigenvalue weighted by Gasteiger charge is 2.34. The Morgan fingerprint density at radius 3 is 2.35 bits per heavy atom. The maximum Gasteiger partial charge on any atom is 0.404 e. The van der Waals surface area contributed by atoms with E-state index in [0.29, 0.717) is 0 Å². The van der Waals surface area contributed by atoms with Gasteiger partial charge in [0, 0.05) is 12.1 Å². The van der Waals surface area contributed by atoms with Crippen LogP contribution in [-0.2, 0) is 19.6 Å². The molecule has 0 saturated heterocycles. The Balaban J connectivity index is 3.97. The van der Waals surface area contributed by atoms with Crippen molar-refractivity contribution in [2.75, 3.05) is 18.9 Å². The Morgan fingerprint density at radius 2 is 1.94 bits per heavy atom. The lowest BCUT2D eigenvalue weighted by molar-refractivity contribution is -0.138. The van der Waals surface area contributed by atoms with E-state index in [1.54, 1.807) is 4.72 Å². The fraction of sp³-hybridized carbons (Fsp3) is 0.625. The number of sulfonamides is 1. The van der Waals surface area contributed by atoms with E-state index in [1.165, 1.54) is 6.92 Å². The summed E-state index contributed by atoms with van der Waals surface area (Å²) in [5.74, 6) is -2.70. The SMILES string of the molecule is C=C(C)C(=O)OCCNS(=O)(=O)CC(F)(F)F. The monoisotopic (exact) mass is 275 g/mol. The van der Waals surface area contributed by atoms with Gasteiger partial charge in [-0.2, -0.15) is 13.2 Å². The zero-order valence-electron chi connectivity index (χ0n) is 9.00. The van der Waals surface area contributed by atoms with E-state index in [2.05, 4.69) is 11.3 Å². The van der Waals surface area contributed by atoms with Crippen LogP contribution in [0.25, 0.3) is 0 Å². The van der Waals surface area contributed by atoms with E-state index >= 15 is 0 Å². The van der Waals surface area contributed by atoms with Crippen molar-refractivity contribution in [3.05, 3.63) is 12.2 Å². The predicted octanol–water partition coefficient (Wildman–Crippen LogP) is 0.587. The molecule has 0 heterocycles. The van der Waals surface area contributed by atoms with Gasteiger partial charge in [0.1, 0.15) is 6.61 Å². The van der Waals surface area contributed by atoms with Gasteiger partial charge in [0.25, 0.3) is 0 Å². The molecule has 0 aliphatic heterocycles. The largest absolute Gasteiger partial charge is 0.461 e. The second-order valence-electron chi connectivity index (χ2n) is 3.18. The fourth-order valence-electron chi connectivity index (χ4n) is 0.731. The number of carbonyl (C=O) groups excluding carboxylic acids is 1. The molecule has 0 aromatic rings. The van der Waals surface area contributed by atoms with E-state index in [0.717, 1.165) is 0 Å². The van der Waals surface area contributed by atoms with Gasteiger partial charge in [-0.3, -0.25) is 0 Å². The molecule has 0 aliphatic rings. The molecule has 17 heavy (non-hydrogen) atoms. The van der Waals surface area contributed by atoms with Gasteiger partial charge in [-0.25, -0.2) is 17.9 Å². The molecule has 0 radical (unpaired) electrons. The number of nitrogens with one attached hydrogen (secondary N) is 1. The third-order valence-corrected chi connectivity index (χ3v) is 2.71. The lowest BCUT2D eigenvalue weighted by Gasteiger charge is -2.09. The van der Waals surface area contributed by atoms with Crippen LogP contribution in [0.3, 0.4) is 0 Å². The molecule has 0 rings (SSSR count). The topological polar surface area (TPSA) is 72.5 Å². The van der Waals surface area contributed by atoms with Gasteiger partial charge in [-0.15, -0.1) is 0 Å². The minimum absolute atomic E-state index is 0.114. The summed E-state index contributed by atoms with van der Waals surface area (Å²) in [4.78, 5) is 10.8. The maximum absolute atomic E-state index is 11.8. The number of carbonyl (C=O) groups is 1. The summed E-state index contributed by atoms with van der Waals surface area (Å²) >= 11 is 0. The van der Waals surface area contributed by atoms with Crippen molar-refractivity contribution in [2.24, 2.45) is 0 Å². The van der Waals surface area contributed by atoms with Crippen molar-refractivity contribution in [2.45, 2.75) is 13.1 Å². The first-order valence-electron chi connectivity index (χ1n) is 4.40. The van der Waals surface area contributed by atoms with Crippen molar-refractivity contribution < 1.29 is 31.1 Å². The molecule has 0 aromatic carbocycles. The number of alkyl halides is 3. The normalized spacial score (nSPS) is 12.2. The average molecular weight is 275 g/mol. The fourth-order valence-corrected chi connectivity index (χ4v) is 1.66. The summed E-state index contributed by atoms with van der Waals surface area (Å²) in [6, 6.07) is 0. The van der Waals surface area contributed by atoms with Crippen LogP contribution in [0.2, 0.25) is 0 Å². The maximum atomic E-state index is 11.8. The summed E-state index contributed by atoms with van der Waals surface area (Å²) < 4.78 is 63.1. The van der Waals surface area contributed by atoms with Crippen molar-refractivity contribution in [1.29, 1.82) is 0 Å².